The molecule has 0 spiro atoms. The minimum absolute atomic E-state index is 1.14. The summed E-state index contributed by atoms with van der Waals surface area (Å²) in [6.07, 6.45) is 3.73. The molecule has 0 saturated carbocycles. The van der Waals surface area contributed by atoms with Crippen molar-refractivity contribution >= 4 is 31.5 Å². The number of nitrogens with zero attached hydrogens (tertiary/aromatic N) is 1. The van der Waals surface area contributed by atoms with Crippen LogP contribution in [0.1, 0.15) is 5.56 Å². The van der Waals surface area contributed by atoms with Crippen molar-refractivity contribution in [3.8, 4) is 44.5 Å². The minimum Gasteiger partial charge on any atom is -0.264 e. The number of benzene rings is 5. The first-order valence-electron chi connectivity index (χ1n) is 12.9. The maximum Gasteiger partial charge on any atom is 0.0434 e. The Bertz CT molecular complexity index is 1900. The van der Waals surface area contributed by atoms with Crippen LogP contribution in [0.3, 0.4) is 0 Å². The Morgan fingerprint density at radius 2 is 0.974 bits per heavy atom. The summed E-state index contributed by atoms with van der Waals surface area (Å²) in [7, 11) is 0. The van der Waals surface area contributed by atoms with E-state index in [4.69, 9.17) is 0 Å². The lowest BCUT2D eigenvalue weighted by molar-refractivity contribution is 1.33. The third-order valence-electron chi connectivity index (χ3n) is 7.37. The normalized spacial score (nSPS) is 11.3. The fourth-order valence-electron chi connectivity index (χ4n) is 5.38. The average Bonchev–Trinajstić information content (AvgIpc) is 3.37. The van der Waals surface area contributed by atoms with E-state index in [1.54, 1.807) is 0 Å². The van der Waals surface area contributed by atoms with Crippen molar-refractivity contribution in [3.05, 3.63) is 139 Å². The average molecular weight is 504 g/mol. The second-order valence-corrected chi connectivity index (χ2v) is 10.7. The molecule has 0 radical (unpaired) electrons. The molecule has 0 amide bonds. The van der Waals surface area contributed by atoms with Gasteiger partial charge in [0.25, 0.3) is 0 Å². The number of hydrogen-bond donors (Lipinski definition) is 0. The number of hydrogen-bond acceptors (Lipinski definition) is 2. The van der Waals surface area contributed by atoms with Crippen LogP contribution in [0.2, 0.25) is 0 Å². The highest BCUT2D eigenvalue weighted by atomic mass is 32.1. The van der Waals surface area contributed by atoms with Gasteiger partial charge in [0.15, 0.2) is 0 Å². The van der Waals surface area contributed by atoms with Crippen LogP contribution in [0, 0.1) is 6.92 Å². The van der Waals surface area contributed by atoms with Crippen LogP contribution in [0.4, 0.5) is 0 Å². The first-order chi connectivity index (χ1) is 18.8. The van der Waals surface area contributed by atoms with Gasteiger partial charge in [-0.2, -0.15) is 0 Å². The first kappa shape index (κ1) is 22.7. The van der Waals surface area contributed by atoms with Gasteiger partial charge in [0, 0.05) is 32.6 Å². The molecule has 0 N–H and O–H groups in total. The molecule has 2 heterocycles. The number of thiophene rings is 1. The SMILES string of the molecule is Cc1ccccc1-c1ccc(-c2cccc3c2sc2c(-c4ccc(-c5cccnc5)cc4)cccc23)cc1. The predicted octanol–water partition coefficient (Wildman–Crippen LogP) is 10.4. The van der Waals surface area contributed by atoms with Crippen LogP contribution < -0.4 is 0 Å². The lowest BCUT2D eigenvalue weighted by Crippen LogP contribution is -1.83. The minimum atomic E-state index is 1.14. The van der Waals surface area contributed by atoms with E-state index in [-0.39, 0.29) is 0 Å². The molecule has 38 heavy (non-hydrogen) atoms. The Morgan fingerprint density at radius 1 is 0.447 bits per heavy atom. The van der Waals surface area contributed by atoms with Gasteiger partial charge in [0.1, 0.15) is 0 Å². The van der Waals surface area contributed by atoms with E-state index < -0.39 is 0 Å². The molecule has 0 bridgehead atoms. The predicted molar refractivity (Wildman–Crippen MR) is 164 cm³/mol. The van der Waals surface area contributed by atoms with E-state index >= 15 is 0 Å². The number of fused-ring (bicyclic) bond motifs is 3. The molecule has 0 fully saturated rings. The van der Waals surface area contributed by atoms with Gasteiger partial charge in [-0.15, -0.1) is 11.3 Å². The molecular formula is C36H25NS. The van der Waals surface area contributed by atoms with E-state index in [1.807, 2.05) is 29.8 Å². The summed E-state index contributed by atoms with van der Waals surface area (Å²) < 4.78 is 2.67. The Labute approximate surface area is 226 Å². The molecule has 0 aliphatic carbocycles. The number of aromatic nitrogens is 1. The van der Waals surface area contributed by atoms with Gasteiger partial charge in [0.05, 0.1) is 0 Å². The fraction of sp³-hybridized carbons (Fsp3) is 0.0278. The van der Waals surface area contributed by atoms with Gasteiger partial charge in [-0.1, -0.05) is 115 Å². The zero-order valence-corrected chi connectivity index (χ0v) is 21.9. The summed E-state index contributed by atoms with van der Waals surface area (Å²) in [5, 5.41) is 2.64. The summed E-state index contributed by atoms with van der Waals surface area (Å²) >= 11 is 1.90. The first-order valence-corrected chi connectivity index (χ1v) is 13.7. The zero-order valence-electron chi connectivity index (χ0n) is 21.1. The van der Waals surface area contributed by atoms with Gasteiger partial charge in [-0.3, -0.25) is 4.98 Å². The van der Waals surface area contributed by atoms with E-state index in [0.29, 0.717) is 0 Å². The molecule has 0 aliphatic heterocycles. The van der Waals surface area contributed by atoms with Gasteiger partial charge >= 0.3 is 0 Å². The smallest absolute Gasteiger partial charge is 0.0434 e. The van der Waals surface area contributed by atoms with E-state index in [9.17, 15) is 0 Å². The largest absolute Gasteiger partial charge is 0.264 e. The Balaban J connectivity index is 1.31. The molecule has 5 aromatic carbocycles. The third kappa shape index (κ3) is 3.91. The Hall–Kier alpha value is -4.53. The third-order valence-corrected chi connectivity index (χ3v) is 8.66. The number of rotatable bonds is 4. The summed E-state index contributed by atoms with van der Waals surface area (Å²) in [5.41, 5.74) is 11.2. The molecule has 2 heteroatoms. The molecule has 180 valence electrons. The molecular weight excluding hydrogens is 478 g/mol. The van der Waals surface area contributed by atoms with Crippen LogP contribution >= 0.6 is 11.3 Å². The van der Waals surface area contributed by atoms with Crippen molar-refractivity contribution in [1.29, 1.82) is 0 Å². The fourth-order valence-corrected chi connectivity index (χ4v) is 6.75. The van der Waals surface area contributed by atoms with E-state index in [2.05, 4.69) is 127 Å². The van der Waals surface area contributed by atoms with Crippen LogP contribution in [-0.4, -0.2) is 4.98 Å². The van der Waals surface area contributed by atoms with Gasteiger partial charge in [0.2, 0.25) is 0 Å². The molecule has 0 saturated heterocycles. The van der Waals surface area contributed by atoms with E-state index in [1.165, 1.54) is 64.7 Å². The highest BCUT2D eigenvalue weighted by Crippen LogP contribution is 2.44. The summed E-state index contributed by atoms with van der Waals surface area (Å²) in [5.74, 6) is 0. The van der Waals surface area contributed by atoms with Gasteiger partial charge in [-0.05, 0) is 63.1 Å². The van der Waals surface area contributed by atoms with Crippen LogP contribution in [0.5, 0.6) is 0 Å². The highest BCUT2D eigenvalue weighted by molar-refractivity contribution is 7.26. The molecule has 7 rings (SSSR count). The number of pyridine rings is 1. The van der Waals surface area contributed by atoms with Crippen LogP contribution in [-0.2, 0) is 0 Å². The van der Waals surface area contributed by atoms with Crippen molar-refractivity contribution in [3.63, 3.8) is 0 Å². The summed E-state index contributed by atoms with van der Waals surface area (Å²) in [6, 6.07) is 43.9. The topological polar surface area (TPSA) is 12.9 Å². The molecule has 1 nitrogen and oxygen atoms in total. The second-order valence-electron chi connectivity index (χ2n) is 9.68. The van der Waals surface area contributed by atoms with Gasteiger partial charge in [-0.25, -0.2) is 0 Å². The van der Waals surface area contributed by atoms with E-state index in [0.717, 1.165) is 5.56 Å². The zero-order chi connectivity index (χ0) is 25.5. The molecule has 0 unspecified atom stereocenters. The molecule has 2 aromatic heterocycles. The highest BCUT2D eigenvalue weighted by Gasteiger charge is 2.14. The van der Waals surface area contributed by atoms with Crippen LogP contribution in [0.15, 0.2) is 134 Å². The Kier molecular flexibility index (Phi) is 5.61. The summed E-state index contributed by atoms with van der Waals surface area (Å²) in [6.45, 7) is 2.17. The number of aryl methyl sites for hydroxylation is 1. The maximum absolute atomic E-state index is 4.27. The van der Waals surface area contributed by atoms with Crippen LogP contribution in [0.25, 0.3) is 64.7 Å². The maximum atomic E-state index is 4.27. The lowest BCUT2D eigenvalue weighted by atomic mass is 9.96. The second kappa shape index (κ2) is 9.41. The van der Waals surface area contributed by atoms with Crippen molar-refractivity contribution in [1.82, 2.24) is 4.98 Å². The Morgan fingerprint density at radius 3 is 1.53 bits per heavy atom. The monoisotopic (exact) mass is 503 g/mol. The molecule has 7 aromatic rings. The summed E-state index contributed by atoms with van der Waals surface area (Å²) in [4.78, 5) is 4.27. The molecule has 0 atom stereocenters. The van der Waals surface area contributed by atoms with Gasteiger partial charge < -0.3 is 0 Å². The van der Waals surface area contributed by atoms with Crippen molar-refractivity contribution < 1.29 is 0 Å². The van der Waals surface area contributed by atoms with Crippen molar-refractivity contribution in [2.75, 3.05) is 0 Å². The van der Waals surface area contributed by atoms with Crippen molar-refractivity contribution in [2.45, 2.75) is 6.92 Å². The lowest BCUT2D eigenvalue weighted by Gasteiger charge is -2.08. The van der Waals surface area contributed by atoms with Crippen molar-refractivity contribution in [2.24, 2.45) is 0 Å². The quantitative estimate of drug-likeness (QED) is 0.233. The standard InChI is InChI=1S/C36H25NS/c1-24-7-2-3-9-30(24)26-18-20-28(21-19-26)32-11-5-13-34-33-12-4-10-31(35(33)38-36(32)34)27-16-14-25(15-17-27)29-8-6-22-37-23-29/h2-23H,1H3. The molecule has 0 aliphatic rings.